The summed E-state index contributed by atoms with van der Waals surface area (Å²) < 4.78 is 17.3. The van der Waals surface area contributed by atoms with E-state index in [0.29, 0.717) is 86.1 Å². The number of halogens is 2. The zero-order valence-corrected chi connectivity index (χ0v) is 41.7. The number of benzene rings is 1. The second-order valence-corrected chi connectivity index (χ2v) is 17.0. The van der Waals surface area contributed by atoms with Crippen LogP contribution in [0.3, 0.4) is 0 Å². The van der Waals surface area contributed by atoms with Gasteiger partial charge in [0.05, 0.1) is 57.9 Å². The lowest BCUT2D eigenvalue weighted by Gasteiger charge is -2.26. The number of carbonyl (C=O) groups excluding carboxylic acids is 2. The van der Waals surface area contributed by atoms with E-state index in [1.165, 1.54) is 35.5 Å². The molecule has 2 amide bonds. The van der Waals surface area contributed by atoms with Gasteiger partial charge in [-0.25, -0.2) is 39.7 Å². The Labute approximate surface area is 420 Å². The Morgan fingerprint density at radius 2 is 1.28 bits per heavy atom. The predicted molar refractivity (Wildman–Crippen MR) is 263 cm³/mol. The van der Waals surface area contributed by atoms with Crippen molar-refractivity contribution in [1.29, 1.82) is 0 Å². The van der Waals surface area contributed by atoms with Crippen LogP contribution in [0.4, 0.5) is 0 Å². The summed E-state index contributed by atoms with van der Waals surface area (Å²) in [5.41, 5.74) is 3.82. The van der Waals surface area contributed by atoms with Crippen LogP contribution in [0.25, 0.3) is 5.65 Å². The van der Waals surface area contributed by atoms with Gasteiger partial charge in [-0.15, -0.1) is 0 Å². The molecule has 9 rings (SSSR count). The third kappa shape index (κ3) is 17.3. The van der Waals surface area contributed by atoms with Crippen LogP contribution in [0, 0.1) is 20.8 Å². The summed E-state index contributed by atoms with van der Waals surface area (Å²) in [6.07, 6.45) is 10.3. The van der Waals surface area contributed by atoms with Crippen LogP contribution in [-0.4, -0.2) is 152 Å². The second-order valence-electron chi connectivity index (χ2n) is 16.2. The lowest BCUT2D eigenvalue weighted by molar-refractivity contribution is -0.282. The zero-order valence-electron chi connectivity index (χ0n) is 40.1. The Hall–Kier alpha value is -6.14. The normalized spacial score (nSPS) is 15.0. The number of pyridine rings is 1. The number of fused-ring (bicyclic) bond motifs is 1. The van der Waals surface area contributed by atoms with Crippen LogP contribution in [0.1, 0.15) is 60.4 Å². The summed E-state index contributed by atoms with van der Waals surface area (Å²) in [6.45, 7) is 16.5. The Balaban J connectivity index is 0.000000167. The Kier molecular flexibility index (Phi) is 21.4. The van der Waals surface area contributed by atoms with Gasteiger partial charge >= 0.3 is 0 Å². The molecule has 71 heavy (non-hydrogen) atoms. The second kappa shape index (κ2) is 28.0. The van der Waals surface area contributed by atoms with Gasteiger partial charge in [-0.2, -0.15) is 0 Å². The third-order valence-electron chi connectivity index (χ3n) is 10.9. The van der Waals surface area contributed by atoms with Gasteiger partial charge in [0, 0.05) is 112 Å². The van der Waals surface area contributed by atoms with Crippen molar-refractivity contribution < 1.29 is 33.6 Å². The van der Waals surface area contributed by atoms with Crippen molar-refractivity contribution >= 4 is 40.7 Å². The van der Waals surface area contributed by atoms with E-state index in [0.717, 1.165) is 62.9 Å². The minimum atomic E-state index is -0.419. The number of aromatic nitrogens is 8. The molecule has 21 nitrogen and oxygen atoms in total. The topological polar surface area (TPSA) is 234 Å². The van der Waals surface area contributed by atoms with Gasteiger partial charge in [0.15, 0.2) is 0 Å². The highest BCUT2D eigenvalue weighted by Crippen LogP contribution is 2.16. The standard InChI is InChI=1S/C21H21ClN4O3.C10H12ClN3O2.C10H15N3O.C7H10N2O3/c22-17-3-1-15(2-4-17)11-24-20(27)18-5-6-19-23-12-16(14-26(19)21(18)28)13-25-7-9-29-10-8-25;1-7-12-6-8(9(11)13-7)10(15)14-2-4-16-5-3-14;1-9-11-6-10(7-12-9)8-13-2-4-14-5-3-13;1-5-8-3-6(4-12-11-2)7(10)9-5/h1-6,12,14H,7-11,13H2,(H,24,27);6H,2-5H2,1H3;6-7H,2-5,8H2,1H3;3H,4H2,1-2H3,(H,8,9,10). The van der Waals surface area contributed by atoms with Crippen molar-refractivity contribution in [2.45, 2.75) is 47.0 Å². The van der Waals surface area contributed by atoms with Crippen molar-refractivity contribution in [1.82, 2.24) is 59.3 Å². The van der Waals surface area contributed by atoms with Gasteiger partial charge in [-0.1, -0.05) is 35.3 Å². The fraction of sp³-hybridized carbons (Fsp3) is 0.417. The maximum atomic E-state index is 12.9. The van der Waals surface area contributed by atoms with E-state index in [-0.39, 0.29) is 34.3 Å². The number of H-pyrrole nitrogens is 1. The molecule has 0 saturated carbocycles. The lowest BCUT2D eigenvalue weighted by atomic mass is 10.2. The quantitative estimate of drug-likeness (QED) is 0.107. The average Bonchev–Trinajstić information content (AvgIpc) is 3.38. The lowest BCUT2D eigenvalue weighted by Crippen LogP contribution is -2.40. The first-order chi connectivity index (χ1) is 34.4. The number of carbonyl (C=O) groups is 2. The van der Waals surface area contributed by atoms with Gasteiger partial charge in [0.2, 0.25) is 0 Å². The largest absolute Gasteiger partial charge is 0.379 e. The van der Waals surface area contributed by atoms with Gasteiger partial charge in [-0.05, 0) is 50.6 Å². The van der Waals surface area contributed by atoms with Crippen molar-refractivity contribution in [2.24, 2.45) is 0 Å². The first-order valence-corrected chi connectivity index (χ1v) is 23.6. The smallest absolute Gasteiger partial charge is 0.269 e. The summed E-state index contributed by atoms with van der Waals surface area (Å²) in [6, 6.07) is 10.4. The van der Waals surface area contributed by atoms with Crippen LogP contribution in [0.5, 0.6) is 0 Å². The van der Waals surface area contributed by atoms with E-state index in [1.54, 1.807) is 49.3 Å². The minimum Gasteiger partial charge on any atom is -0.379 e. The van der Waals surface area contributed by atoms with Crippen LogP contribution >= 0.6 is 23.2 Å². The summed E-state index contributed by atoms with van der Waals surface area (Å²) in [7, 11) is 1.38. The van der Waals surface area contributed by atoms with E-state index in [4.69, 9.17) is 37.4 Å². The number of hydrogen-bond acceptors (Lipinski definition) is 17. The summed E-state index contributed by atoms with van der Waals surface area (Å²) in [5.74, 6) is 1.42. The number of rotatable bonds is 11. The van der Waals surface area contributed by atoms with Crippen molar-refractivity contribution in [3.8, 4) is 0 Å². The molecule has 3 fully saturated rings. The monoisotopic (exact) mass is 1020 g/mol. The number of amides is 2. The predicted octanol–water partition coefficient (Wildman–Crippen LogP) is 3.79. The Morgan fingerprint density at radius 3 is 1.89 bits per heavy atom. The van der Waals surface area contributed by atoms with Crippen molar-refractivity contribution in [2.75, 3.05) is 86.0 Å². The molecule has 0 aliphatic carbocycles. The average molecular weight is 1020 g/mol. The molecule has 2 N–H and O–H groups in total. The molecule has 378 valence electrons. The number of morpholine rings is 3. The molecule has 1 aromatic carbocycles. The van der Waals surface area contributed by atoms with E-state index < -0.39 is 5.91 Å². The minimum absolute atomic E-state index is 0.0850. The molecule has 3 aliphatic rings. The van der Waals surface area contributed by atoms with E-state index in [9.17, 15) is 19.2 Å². The molecular formula is C48H58Cl2N12O9. The highest BCUT2D eigenvalue weighted by atomic mass is 35.5. The van der Waals surface area contributed by atoms with E-state index in [2.05, 4.69) is 59.8 Å². The Morgan fingerprint density at radius 1 is 0.690 bits per heavy atom. The molecule has 0 atom stereocenters. The number of aryl methyl sites for hydroxylation is 3. The molecule has 5 aromatic heterocycles. The number of ether oxygens (including phenoxy) is 3. The molecule has 3 aliphatic heterocycles. The molecule has 0 radical (unpaired) electrons. The number of nitrogens with zero attached hydrogens (tertiary/aromatic N) is 10. The fourth-order valence-corrected chi connectivity index (χ4v) is 7.43. The SMILES string of the molecule is COOCc1cnc(C)[nH]c1=O.Cc1ncc(C(=O)N2CCOCC2)c(Cl)n1.Cc1ncc(CN2CCOCC2)cn1.O=C(NCc1ccc(Cl)cc1)c1ccc2ncc(CN3CCOCC3)cn2c1=O. The first kappa shape index (κ1) is 54.2. The van der Waals surface area contributed by atoms with Crippen LogP contribution in [0.2, 0.25) is 10.2 Å². The van der Waals surface area contributed by atoms with E-state index in [1.807, 2.05) is 31.5 Å². The maximum absolute atomic E-state index is 12.9. The number of hydrogen-bond donors (Lipinski definition) is 2. The van der Waals surface area contributed by atoms with Crippen LogP contribution < -0.4 is 16.4 Å². The first-order valence-electron chi connectivity index (χ1n) is 22.8. The molecule has 8 heterocycles. The number of aromatic amines is 1. The van der Waals surface area contributed by atoms with Gasteiger partial charge in [0.25, 0.3) is 22.9 Å². The Bertz CT molecular complexity index is 2770. The molecule has 0 unspecified atom stereocenters. The summed E-state index contributed by atoms with van der Waals surface area (Å²) >= 11 is 11.8. The highest BCUT2D eigenvalue weighted by molar-refractivity contribution is 6.32. The molecular weight excluding hydrogens is 960 g/mol. The molecule has 0 spiro atoms. The number of nitrogens with one attached hydrogen (secondary N) is 2. The van der Waals surface area contributed by atoms with Crippen LogP contribution in [-0.2, 0) is 50.2 Å². The fourth-order valence-electron chi connectivity index (χ4n) is 7.05. The highest BCUT2D eigenvalue weighted by Gasteiger charge is 2.22. The van der Waals surface area contributed by atoms with Crippen LogP contribution in [0.15, 0.2) is 83.2 Å². The van der Waals surface area contributed by atoms with E-state index >= 15 is 0 Å². The summed E-state index contributed by atoms with van der Waals surface area (Å²) in [5, 5.41) is 3.63. The summed E-state index contributed by atoms with van der Waals surface area (Å²) in [4.78, 5) is 90.9. The third-order valence-corrected chi connectivity index (χ3v) is 11.5. The maximum Gasteiger partial charge on any atom is 0.269 e. The molecule has 0 bridgehead atoms. The molecule has 3 saturated heterocycles. The van der Waals surface area contributed by atoms with Crippen molar-refractivity contribution in [3.63, 3.8) is 0 Å². The molecule has 23 heteroatoms. The van der Waals surface area contributed by atoms with Gasteiger partial charge in [0.1, 0.15) is 40.4 Å². The van der Waals surface area contributed by atoms with Gasteiger partial charge in [-0.3, -0.25) is 33.4 Å². The zero-order chi connectivity index (χ0) is 50.5. The van der Waals surface area contributed by atoms with Gasteiger partial charge < -0.3 is 29.4 Å². The molecule has 6 aromatic rings. The van der Waals surface area contributed by atoms with Crippen molar-refractivity contribution in [3.05, 3.63) is 155 Å².